The predicted octanol–water partition coefficient (Wildman–Crippen LogP) is 2.76. The molecule has 0 rings (SSSR count). The highest BCUT2D eigenvalue weighted by Crippen LogP contribution is 2.09. The topological polar surface area (TPSA) is 105 Å². The molecule has 0 aromatic carbocycles. The van der Waals surface area contributed by atoms with Crippen LogP contribution in [-0.4, -0.2) is 44.3 Å². The van der Waals surface area contributed by atoms with Crippen LogP contribution < -0.4 is 10.6 Å². The summed E-state index contributed by atoms with van der Waals surface area (Å²) in [6.45, 7) is 11.2. The lowest BCUT2D eigenvalue weighted by atomic mass is 10.2. The molecule has 0 heterocycles. The molecular formula is C15H30N4O4. The summed E-state index contributed by atoms with van der Waals surface area (Å²) < 4.78 is 15.9. The summed E-state index contributed by atoms with van der Waals surface area (Å²) in [5.74, 6) is 0. The van der Waals surface area contributed by atoms with E-state index < -0.39 is 18.0 Å². The molecule has 1 amide bonds. The number of amides is 1. The van der Waals surface area contributed by atoms with Crippen LogP contribution in [-0.2, 0) is 14.2 Å². The number of alkyl carbamates (subject to hydrolysis) is 1. The van der Waals surface area contributed by atoms with E-state index in [-0.39, 0.29) is 0 Å². The molecule has 0 aliphatic heterocycles. The normalized spacial score (nSPS) is 12.2. The van der Waals surface area contributed by atoms with Crippen LogP contribution in [0.25, 0.3) is 0 Å². The van der Waals surface area contributed by atoms with E-state index in [4.69, 9.17) is 19.7 Å². The SMILES string of the molecule is CCOC(OCC)/C(=C/NCCCNC(=O)OC(C)(C)C)N=N. The van der Waals surface area contributed by atoms with Crippen LogP contribution in [0.2, 0.25) is 0 Å². The van der Waals surface area contributed by atoms with Gasteiger partial charge in [0.1, 0.15) is 11.3 Å². The highest BCUT2D eigenvalue weighted by molar-refractivity contribution is 5.67. The summed E-state index contributed by atoms with van der Waals surface area (Å²) >= 11 is 0. The Balaban J connectivity index is 4.06. The second-order valence-corrected chi connectivity index (χ2v) is 5.66. The molecule has 0 spiro atoms. The number of nitrogens with zero attached hydrogens (tertiary/aromatic N) is 1. The lowest BCUT2D eigenvalue weighted by Gasteiger charge is -2.19. The van der Waals surface area contributed by atoms with Gasteiger partial charge in [-0.2, -0.15) is 5.11 Å². The van der Waals surface area contributed by atoms with Crippen molar-refractivity contribution in [2.75, 3.05) is 26.3 Å². The first kappa shape index (κ1) is 21.3. The Labute approximate surface area is 138 Å². The van der Waals surface area contributed by atoms with E-state index in [1.54, 1.807) is 6.20 Å². The Morgan fingerprint density at radius 3 is 2.30 bits per heavy atom. The first-order valence-corrected chi connectivity index (χ1v) is 7.85. The average Bonchev–Trinajstić information content (AvgIpc) is 2.44. The third-order valence-electron chi connectivity index (χ3n) is 2.42. The maximum absolute atomic E-state index is 11.4. The zero-order valence-electron chi connectivity index (χ0n) is 14.8. The molecule has 8 heteroatoms. The van der Waals surface area contributed by atoms with E-state index in [0.717, 1.165) is 0 Å². The first-order chi connectivity index (χ1) is 10.8. The van der Waals surface area contributed by atoms with E-state index >= 15 is 0 Å². The van der Waals surface area contributed by atoms with Gasteiger partial charge in [-0.1, -0.05) is 0 Å². The van der Waals surface area contributed by atoms with Gasteiger partial charge in [-0.25, -0.2) is 10.3 Å². The van der Waals surface area contributed by atoms with Crippen molar-refractivity contribution in [1.82, 2.24) is 10.6 Å². The van der Waals surface area contributed by atoms with Gasteiger partial charge in [-0.15, -0.1) is 0 Å². The van der Waals surface area contributed by atoms with Gasteiger partial charge in [0.05, 0.1) is 0 Å². The largest absolute Gasteiger partial charge is 0.444 e. The summed E-state index contributed by atoms with van der Waals surface area (Å²) in [6, 6.07) is 0. The van der Waals surface area contributed by atoms with Crippen LogP contribution in [0.15, 0.2) is 17.0 Å². The van der Waals surface area contributed by atoms with Crippen molar-refractivity contribution in [3.63, 3.8) is 0 Å². The molecule has 0 aromatic heterocycles. The third kappa shape index (κ3) is 11.5. The lowest BCUT2D eigenvalue weighted by Crippen LogP contribution is -2.33. The average molecular weight is 330 g/mol. The maximum Gasteiger partial charge on any atom is 0.407 e. The van der Waals surface area contributed by atoms with Crippen LogP contribution in [0.4, 0.5) is 4.79 Å². The highest BCUT2D eigenvalue weighted by Gasteiger charge is 2.15. The van der Waals surface area contributed by atoms with E-state index in [1.165, 1.54) is 0 Å². The fourth-order valence-corrected chi connectivity index (χ4v) is 1.55. The van der Waals surface area contributed by atoms with E-state index in [9.17, 15) is 4.79 Å². The number of ether oxygens (including phenoxy) is 3. The van der Waals surface area contributed by atoms with E-state index in [1.807, 2.05) is 34.6 Å². The van der Waals surface area contributed by atoms with Gasteiger partial charge in [0, 0.05) is 32.5 Å². The van der Waals surface area contributed by atoms with Crippen molar-refractivity contribution >= 4 is 6.09 Å². The van der Waals surface area contributed by atoms with Gasteiger partial charge >= 0.3 is 6.09 Å². The number of rotatable bonds is 11. The molecule has 3 N–H and O–H groups in total. The summed E-state index contributed by atoms with van der Waals surface area (Å²) in [4.78, 5) is 11.4. The molecule has 0 unspecified atom stereocenters. The Morgan fingerprint density at radius 1 is 1.22 bits per heavy atom. The first-order valence-electron chi connectivity index (χ1n) is 7.85. The van der Waals surface area contributed by atoms with Crippen LogP contribution in [0.5, 0.6) is 0 Å². The molecule has 134 valence electrons. The minimum absolute atomic E-state index is 0.369. The van der Waals surface area contributed by atoms with Crippen LogP contribution in [0.3, 0.4) is 0 Å². The smallest absolute Gasteiger partial charge is 0.407 e. The van der Waals surface area contributed by atoms with Gasteiger partial charge < -0.3 is 24.8 Å². The zero-order valence-corrected chi connectivity index (χ0v) is 14.8. The molecule has 0 radical (unpaired) electrons. The van der Waals surface area contributed by atoms with E-state index in [2.05, 4.69) is 15.7 Å². The standard InChI is InChI=1S/C15H30N4O4/c1-6-21-13(22-7-2)12(19-16)11-17-9-8-10-18-14(20)23-15(3,4)5/h11,13,16-17H,6-10H2,1-5H3,(H,18,20)/b12-11-,19-16?. The van der Waals surface area contributed by atoms with Gasteiger partial charge in [0.25, 0.3) is 0 Å². The predicted molar refractivity (Wildman–Crippen MR) is 87.1 cm³/mol. The molecule has 0 aliphatic carbocycles. The summed E-state index contributed by atoms with van der Waals surface area (Å²) in [5.41, 5.74) is 7.06. The Kier molecular flexibility index (Phi) is 11.0. The molecule has 0 atom stereocenters. The van der Waals surface area contributed by atoms with Gasteiger partial charge in [0.2, 0.25) is 6.29 Å². The highest BCUT2D eigenvalue weighted by atomic mass is 16.7. The van der Waals surface area contributed by atoms with Crippen LogP contribution >= 0.6 is 0 Å². The van der Waals surface area contributed by atoms with Gasteiger partial charge in [-0.05, 0) is 41.0 Å². The Morgan fingerprint density at radius 2 is 1.83 bits per heavy atom. The van der Waals surface area contributed by atoms with E-state index in [0.29, 0.717) is 38.4 Å². The minimum atomic E-state index is -0.644. The molecule has 23 heavy (non-hydrogen) atoms. The summed E-state index contributed by atoms with van der Waals surface area (Å²) in [5, 5.41) is 9.12. The van der Waals surface area contributed by atoms with Gasteiger partial charge in [0.15, 0.2) is 0 Å². The molecule has 0 saturated heterocycles. The lowest BCUT2D eigenvalue weighted by molar-refractivity contribution is -0.112. The molecular weight excluding hydrogens is 300 g/mol. The van der Waals surface area contributed by atoms with Crippen molar-refractivity contribution < 1.29 is 19.0 Å². The van der Waals surface area contributed by atoms with Crippen LogP contribution in [0.1, 0.15) is 41.0 Å². The zero-order chi connectivity index (χ0) is 17.7. The second-order valence-electron chi connectivity index (χ2n) is 5.66. The molecule has 0 saturated carbocycles. The fraction of sp³-hybridized carbons (Fsp3) is 0.800. The van der Waals surface area contributed by atoms with Crippen molar-refractivity contribution in [2.45, 2.75) is 52.9 Å². The van der Waals surface area contributed by atoms with Crippen LogP contribution in [0, 0.1) is 5.53 Å². The van der Waals surface area contributed by atoms with Crippen molar-refractivity contribution in [3.05, 3.63) is 11.9 Å². The molecule has 0 bridgehead atoms. The molecule has 0 fully saturated rings. The monoisotopic (exact) mass is 330 g/mol. The molecule has 0 aromatic rings. The number of nitrogens with one attached hydrogen (secondary N) is 3. The summed E-state index contributed by atoms with van der Waals surface area (Å²) in [6.07, 6.45) is 1.23. The van der Waals surface area contributed by atoms with Crippen molar-refractivity contribution in [1.29, 1.82) is 5.53 Å². The fourth-order valence-electron chi connectivity index (χ4n) is 1.55. The summed E-state index contributed by atoms with van der Waals surface area (Å²) in [7, 11) is 0. The Bertz CT molecular complexity index is 374. The van der Waals surface area contributed by atoms with Crippen molar-refractivity contribution in [2.24, 2.45) is 5.11 Å². The van der Waals surface area contributed by atoms with Gasteiger partial charge in [-0.3, -0.25) is 0 Å². The Hall–Kier alpha value is -1.67. The third-order valence-corrected chi connectivity index (χ3v) is 2.42. The molecule has 0 aliphatic rings. The second kappa shape index (κ2) is 11.8. The van der Waals surface area contributed by atoms with Crippen molar-refractivity contribution in [3.8, 4) is 0 Å². The number of hydrogen-bond acceptors (Lipinski definition) is 7. The minimum Gasteiger partial charge on any atom is -0.444 e. The number of carbonyl (C=O) groups excluding carboxylic acids is 1. The number of carbonyl (C=O) groups is 1. The quantitative estimate of drug-likeness (QED) is 0.307. The maximum atomic E-state index is 11.4. The number of hydrogen-bond donors (Lipinski definition) is 3. The molecule has 8 nitrogen and oxygen atoms in total.